The zero-order valence-corrected chi connectivity index (χ0v) is 15.4. The molecule has 1 aromatic rings. The fourth-order valence-electron chi connectivity index (χ4n) is 3.08. The van der Waals surface area contributed by atoms with Crippen LogP contribution >= 0.6 is 0 Å². The number of carbonyl (C=O) groups is 2. The highest BCUT2D eigenvalue weighted by Gasteiger charge is 2.15. The van der Waals surface area contributed by atoms with Crippen LogP contribution in [0.3, 0.4) is 0 Å². The zero-order chi connectivity index (χ0) is 17.9. The fraction of sp³-hybridized carbons (Fsp3) is 0.600. The number of nitrogens with zero attached hydrogens (tertiary/aromatic N) is 1. The molecule has 2 rings (SSSR count). The Morgan fingerprint density at radius 2 is 1.76 bits per heavy atom. The molecule has 5 nitrogen and oxygen atoms in total. The number of likely N-dealkylation sites (tertiary alicyclic amines) is 1. The van der Waals surface area contributed by atoms with E-state index in [2.05, 4.69) is 17.6 Å². The van der Waals surface area contributed by atoms with E-state index < -0.39 is 0 Å². The Kier molecular flexibility index (Phi) is 8.29. The van der Waals surface area contributed by atoms with Crippen molar-refractivity contribution in [2.45, 2.75) is 58.3 Å². The van der Waals surface area contributed by atoms with Crippen LogP contribution in [0.1, 0.15) is 58.3 Å². The zero-order valence-electron chi connectivity index (χ0n) is 15.4. The van der Waals surface area contributed by atoms with Gasteiger partial charge in [-0.25, -0.2) is 0 Å². The van der Waals surface area contributed by atoms with E-state index in [4.69, 9.17) is 0 Å². The van der Waals surface area contributed by atoms with Crippen LogP contribution in [0.25, 0.3) is 0 Å². The Morgan fingerprint density at radius 1 is 1.04 bits per heavy atom. The summed E-state index contributed by atoms with van der Waals surface area (Å²) in [6.45, 7) is 4.16. The van der Waals surface area contributed by atoms with Crippen molar-refractivity contribution in [3.05, 3.63) is 24.3 Å². The summed E-state index contributed by atoms with van der Waals surface area (Å²) in [7, 11) is 0. The molecule has 0 bridgehead atoms. The van der Waals surface area contributed by atoms with Crippen molar-refractivity contribution in [2.24, 2.45) is 0 Å². The lowest BCUT2D eigenvalue weighted by molar-refractivity contribution is -0.129. The number of rotatable bonds is 8. The van der Waals surface area contributed by atoms with Crippen molar-refractivity contribution in [2.75, 3.05) is 30.3 Å². The van der Waals surface area contributed by atoms with Crippen LogP contribution < -0.4 is 10.6 Å². The third-order valence-corrected chi connectivity index (χ3v) is 4.56. The maximum Gasteiger partial charge on any atom is 0.241 e. The largest absolute Gasteiger partial charge is 0.376 e. The molecule has 0 aromatic heterocycles. The first-order valence-electron chi connectivity index (χ1n) is 9.60. The molecule has 1 saturated heterocycles. The number of hydrogen-bond acceptors (Lipinski definition) is 3. The van der Waals surface area contributed by atoms with Crippen LogP contribution in [0, 0.1) is 0 Å². The van der Waals surface area contributed by atoms with Gasteiger partial charge in [0.15, 0.2) is 0 Å². The highest BCUT2D eigenvalue weighted by atomic mass is 16.2. The van der Waals surface area contributed by atoms with Gasteiger partial charge < -0.3 is 15.5 Å². The quantitative estimate of drug-likeness (QED) is 0.700. The monoisotopic (exact) mass is 345 g/mol. The highest BCUT2D eigenvalue weighted by molar-refractivity contribution is 5.91. The molecule has 2 amide bonds. The summed E-state index contributed by atoms with van der Waals surface area (Å²) in [5.74, 6) is 0.196. The van der Waals surface area contributed by atoms with Crippen molar-refractivity contribution in [1.82, 2.24) is 4.90 Å². The maximum atomic E-state index is 12.3. The van der Waals surface area contributed by atoms with Gasteiger partial charge in [-0.1, -0.05) is 38.7 Å². The molecule has 1 aliphatic rings. The van der Waals surface area contributed by atoms with Crippen molar-refractivity contribution in [3.8, 4) is 0 Å². The van der Waals surface area contributed by atoms with E-state index >= 15 is 0 Å². The van der Waals surface area contributed by atoms with Crippen LogP contribution in [0.4, 0.5) is 11.4 Å². The molecule has 1 aliphatic heterocycles. The van der Waals surface area contributed by atoms with Crippen LogP contribution in [0.2, 0.25) is 0 Å². The molecule has 0 saturated carbocycles. The van der Waals surface area contributed by atoms with Crippen molar-refractivity contribution >= 4 is 23.2 Å². The molecule has 2 N–H and O–H groups in total. The minimum absolute atomic E-state index is 0.0474. The van der Waals surface area contributed by atoms with E-state index in [0.717, 1.165) is 56.6 Å². The minimum Gasteiger partial charge on any atom is -0.376 e. The van der Waals surface area contributed by atoms with E-state index in [1.54, 1.807) is 0 Å². The second-order valence-corrected chi connectivity index (χ2v) is 6.73. The van der Waals surface area contributed by atoms with Gasteiger partial charge in [0.1, 0.15) is 0 Å². The average Bonchev–Trinajstić information content (AvgIpc) is 2.90. The van der Waals surface area contributed by atoms with E-state index in [0.29, 0.717) is 13.0 Å². The first-order valence-corrected chi connectivity index (χ1v) is 9.60. The summed E-state index contributed by atoms with van der Waals surface area (Å²) < 4.78 is 0. The molecule has 5 heteroatoms. The molecular weight excluding hydrogens is 314 g/mol. The number of carbonyl (C=O) groups excluding carboxylic acids is 2. The lowest BCUT2D eigenvalue weighted by atomic mass is 10.2. The lowest BCUT2D eigenvalue weighted by Gasteiger charge is -2.20. The molecule has 1 aromatic carbocycles. The topological polar surface area (TPSA) is 61.4 Å². The Bertz CT molecular complexity index is 552. The highest BCUT2D eigenvalue weighted by Crippen LogP contribution is 2.16. The Labute approximate surface area is 151 Å². The van der Waals surface area contributed by atoms with Gasteiger partial charge in [0.05, 0.1) is 6.54 Å². The van der Waals surface area contributed by atoms with Gasteiger partial charge in [-0.2, -0.15) is 0 Å². The third kappa shape index (κ3) is 7.16. The first kappa shape index (κ1) is 19.3. The van der Waals surface area contributed by atoms with E-state index in [1.807, 2.05) is 29.2 Å². The summed E-state index contributed by atoms with van der Waals surface area (Å²) in [6, 6.07) is 7.57. The van der Waals surface area contributed by atoms with Crippen LogP contribution in [0.5, 0.6) is 0 Å². The SMILES string of the molecule is CCCCCC(=O)Nc1cccc(NCC(=O)N2CCCCCC2)c1. The number of unbranched alkanes of at least 4 members (excludes halogenated alkanes) is 2. The molecule has 1 fully saturated rings. The second kappa shape index (κ2) is 10.7. The molecule has 0 aliphatic carbocycles. The van der Waals surface area contributed by atoms with Gasteiger partial charge in [-0.15, -0.1) is 0 Å². The standard InChI is InChI=1S/C20H31N3O2/c1-2-3-6-12-19(24)22-18-11-9-10-17(15-18)21-16-20(25)23-13-7-4-5-8-14-23/h9-11,15,21H,2-8,12-14,16H2,1H3,(H,22,24). The van der Waals surface area contributed by atoms with Gasteiger partial charge in [-0.05, 0) is 37.5 Å². The summed E-state index contributed by atoms with van der Waals surface area (Å²) in [5, 5.41) is 6.11. The molecule has 0 spiro atoms. The number of amides is 2. The normalized spacial score (nSPS) is 14.7. The molecule has 1 heterocycles. The molecule has 138 valence electrons. The predicted octanol–water partition coefficient (Wildman–Crippen LogP) is 4.02. The Morgan fingerprint density at radius 3 is 2.48 bits per heavy atom. The van der Waals surface area contributed by atoms with Crippen molar-refractivity contribution in [1.29, 1.82) is 0 Å². The number of benzene rings is 1. The Hall–Kier alpha value is -2.04. The van der Waals surface area contributed by atoms with Gasteiger partial charge in [0.2, 0.25) is 11.8 Å². The summed E-state index contributed by atoms with van der Waals surface area (Å²) in [6.07, 6.45) is 8.31. The number of nitrogens with one attached hydrogen (secondary N) is 2. The third-order valence-electron chi connectivity index (χ3n) is 4.56. The summed E-state index contributed by atoms with van der Waals surface area (Å²) >= 11 is 0. The molecule has 0 atom stereocenters. The lowest BCUT2D eigenvalue weighted by Crippen LogP contribution is -2.36. The second-order valence-electron chi connectivity index (χ2n) is 6.73. The van der Waals surface area contributed by atoms with Crippen LogP contribution in [0.15, 0.2) is 24.3 Å². The van der Waals surface area contributed by atoms with Crippen molar-refractivity contribution in [3.63, 3.8) is 0 Å². The van der Waals surface area contributed by atoms with Crippen LogP contribution in [-0.4, -0.2) is 36.3 Å². The maximum absolute atomic E-state index is 12.3. The molecule has 25 heavy (non-hydrogen) atoms. The van der Waals surface area contributed by atoms with Gasteiger partial charge in [0, 0.05) is 30.9 Å². The minimum atomic E-state index is 0.0474. The first-order chi connectivity index (χ1) is 12.2. The van der Waals surface area contributed by atoms with E-state index in [9.17, 15) is 9.59 Å². The number of hydrogen-bond donors (Lipinski definition) is 2. The molecular formula is C20H31N3O2. The van der Waals surface area contributed by atoms with E-state index in [-0.39, 0.29) is 11.8 Å². The summed E-state index contributed by atoms with van der Waals surface area (Å²) in [4.78, 5) is 26.2. The smallest absolute Gasteiger partial charge is 0.241 e. The number of anilines is 2. The Balaban J connectivity index is 1.80. The van der Waals surface area contributed by atoms with Crippen LogP contribution in [-0.2, 0) is 9.59 Å². The average molecular weight is 345 g/mol. The van der Waals surface area contributed by atoms with E-state index in [1.165, 1.54) is 12.8 Å². The summed E-state index contributed by atoms with van der Waals surface area (Å²) in [5.41, 5.74) is 1.63. The fourth-order valence-corrected chi connectivity index (χ4v) is 3.08. The van der Waals surface area contributed by atoms with Crippen molar-refractivity contribution < 1.29 is 9.59 Å². The van der Waals surface area contributed by atoms with Gasteiger partial charge in [0.25, 0.3) is 0 Å². The predicted molar refractivity (Wildman–Crippen MR) is 103 cm³/mol. The van der Waals surface area contributed by atoms with Gasteiger partial charge in [-0.3, -0.25) is 9.59 Å². The van der Waals surface area contributed by atoms with Gasteiger partial charge >= 0.3 is 0 Å². The molecule has 0 unspecified atom stereocenters. The molecule has 0 radical (unpaired) electrons.